The fourth-order valence-electron chi connectivity index (χ4n) is 18.5. The second-order valence-electron chi connectivity index (χ2n) is 30.8. The number of aromatic nitrogens is 2. The van der Waals surface area contributed by atoms with Gasteiger partial charge in [-0.05, 0) is 218 Å². The smallest absolute Gasteiger partial charge is 0.194 e. The molecule has 0 unspecified atom stereocenters. The van der Waals surface area contributed by atoms with Gasteiger partial charge in [0.25, 0.3) is 0 Å². The molecular formula is C111H78N2O3S. The Bertz CT molecular complexity index is 7020. The molecule has 21 aromatic rings. The number of ketones is 1. The van der Waals surface area contributed by atoms with Gasteiger partial charge in [0.2, 0.25) is 0 Å². The van der Waals surface area contributed by atoms with Crippen LogP contribution < -0.4 is 0 Å². The summed E-state index contributed by atoms with van der Waals surface area (Å²) in [7, 11) is 0. The van der Waals surface area contributed by atoms with Crippen molar-refractivity contribution in [3.63, 3.8) is 0 Å². The van der Waals surface area contributed by atoms with Gasteiger partial charge >= 0.3 is 0 Å². The summed E-state index contributed by atoms with van der Waals surface area (Å²) in [4.78, 5) is 20.1. The number of fused-ring (bicyclic) bond motifs is 31. The Balaban J connectivity index is 0.0000000839. The summed E-state index contributed by atoms with van der Waals surface area (Å²) in [5.74, 6) is 1.21. The maximum Gasteiger partial charge on any atom is 0.194 e. The van der Waals surface area contributed by atoms with Crippen molar-refractivity contribution in [1.29, 1.82) is 0 Å². The minimum Gasteiger partial charge on any atom is -0.464 e. The highest BCUT2D eigenvalue weighted by Crippen LogP contribution is 2.47. The Morgan fingerprint density at radius 3 is 1.35 bits per heavy atom. The molecule has 28 rings (SSSR count). The number of furan rings is 2. The standard InChI is InChI=1S/C20H14.C17H12.C16H11N.C13H8O.C12H8O.C11H9N.C11H8O.C11H8S/c1-3-7-17-13(5-1)9-15-11-20-16(12-19(15)17)10-14-6-2-4-8-18(14)20;1-3-7-15-12(5-1)9-10-14-11-13-6-2-4-8-16(13)17(14)15;1-2-6-12-11(5-1)9-10-15-16(12)13-7-3-4-8-14(13)17-15;14-13-11-7-3-1-5-9(11)10-6-2-4-8-12(10)13;1-3-7-11-9(5-1)10-6-2-4-8-12(10)13-11;3*1-2-4-10-8(3-1)7-9-5-6-12-11(9)10/h1-8,11-12H,9-10H2;1-10H,11H2;1-10,17H;1-8H;1-8H;1-6,12H,7H2;2*1-6H,7H2. The van der Waals surface area contributed by atoms with E-state index in [1.54, 1.807) is 6.26 Å². The summed E-state index contributed by atoms with van der Waals surface area (Å²) in [6.45, 7) is 0. The number of hydrogen-bond acceptors (Lipinski definition) is 4. The Kier molecular flexibility index (Phi) is 18.4. The first-order valence-corrected chi connectivity index (χ1v) is 41.3. The van der Waals surface area contributed by atoms with Crippen molar-refractivity contribution in [2.45, 2.75) is 38.5 Å². The fraction of sp³-hybridized carbons (Fsp3) is 0.0541. The third-order valence-corrected chi connectivity index (χ3v) is 25.0. The summed E-state index contributed by atoms with van der Waals surface area (Å²) < 4.78 is 11.1. The van der Waals surface area contributed by atoms with Gasteiger partial charge in [-0.3, -0.25) is 4.79 Å². The van der Waals surface area contributed by atoms with Crippen molar-refractivity contribution in [2.24, 2.45) is 0 Å². The first kappa shape index (κ1) is 70.4. The van der Waals surface area contributed by atoms with Crippen LogP contribution in [-0.2, 0) is 38.5 Å². The zero-order valence-corrected chi connectivity index (χ0v) is 65.1. The molecule has 7 aliphatic carbocycles. The van der Waals surface area contributed by atoms with E-state index in [0.717, 1.165) is 77.7 Å². The quantitative estimate of drug-likeness (QED) is 0.159. The summed E-state index contributed by atoms with van der Waals surface area (Å²) in [5.41, 5.74) is 39.5. The third kappa shape index (κ3) is 13.2. The Morgan fingerprint density at radius 1 is 0.274 bits per heavy atom. The Hall–Kier alpha value is -14.4. The van der Waals surface area contributed by atoms with E-state index in [2.05, 4.69) is 300 Å². The number of aromatic amines is 2. The summed E-state index contributed by atoms with van der Waals surface area (Å²) >= 11 is 1.85. The molecule has 0 saturated heterocycles. The summed E-state index contributed by atoms with van der Waals surface area (Å²) in [6.07, 6.45) is 10.3. The van der Waals surface area contributed by atoms with Crippen LogP contribution in [0.15, 0.2) is 397 Å². The first-order valence-electron chi connectivity index (χ1n) is 40.4. The second-order valence-corrected chi connectivity index (χ2v) is 31.7. The van der Waals surface area contributed by atoms with Crippen molar-refractivity contribution in [3.8, 4) is 77.5 Å². The average molecular weight is 1520 g/mol. The molecule has 117 heavy (non-hydrogen) atoms. The molecule has 0 spiro atoms. The van der Waals surface area contributed by atoms with Crippen LogP contribution in [0.4, 0.5) is 0 Å². The van der Waals surface area contributed by atoms with E-state index in [-0.39, 0.29) is 5.78 Å². The van der Waals surface area contributed by atoms with Crippen molar-refractivity contribution in [2.75, 3.05) is 0 Å². The molecular weight excluding hydrogens is 1440 g/mol. The molecule has 0 aliphatic heterocycles. The van der Waals surface area contributed by atoms with Crippen LogP contribution in [0.5, 0.6) is 0 Å². The largest absolute Gasteiger partial charge is 0.464 e. The van der Waals surface area contributed by atoms with Gasteiger partial charge in [0.1, 0.15) is 16.9 Å². The van der Waals surface area contributed by atoms with Crippen molar-refractivity contribution in [1.82, 2.24) is 9.97 Å². The van der Waals surface area contributed by atoms with Crippen LogP contribution in [0.3, 0.4) is 0 Å². The molecule has 0 bridgehead atoms. The van der Waals surface area contributed by atoms with Gasteiger partial charge in [0, 0.05) is 90.0 Å². The molecule has 16 aromatic carbocycles. The van der Waals surface area contributed by atoms with E-state index in [4.69, 9.17) is 8.83 Å². The van der Waals surface area contributed by atoms with Crippen LogP contribution in [0, 0.1) is 0 Å². The SMILES string of the molecule is O=C1c2ccccc2-c2ccccc21.c1ccc2c(c1)Cc1cc3c(cc1-2)Cc1ccccc1-3.c1ccc2c(c1)Cc1cc[nH]c1-2.c1ccc2c(c1)Cc1ccc3ccccc3c1-2.c1ccc2c(c1)Cc1ccoc1-2.c1ccc2c(c1)Cc1ccsc1-2.c1ccc2c(c1)ccc1[nH]c3ccccc3c12.c1ccc2c(c1)oc1ccccc12. The Morgan fingerprint density at radius 2 is 0.709 bits per heavy atom. The molecule has 2 N–H and O–H groups in total. The van der Waals surface area contributed by atoms with E-state index in [1.807, 2.05) is 102 Å². The maximum atomic E-state index is 11.9. The van der Waals surface area contributed by atoms with Gasteiger partial charge in [0.15, 0.2) is 5.78 Å². The number of nitrogens with one attached hydrogen (secondary N) is 2. The predicted molar refractivity (Wildman–Crippen MR) is 486 cm³/mol. The molecule has 0 amide bonds. The lowest BCUT2D eigenvalue weighted by Gasteiger charge is -2.06. The van der Waals surface area contributed by atoms with E-state index in [9.17, 15) is 4.79 Å². The Labute approximate surface area is 683 Å². The number of hydrogen-bond donors (Lipinski definition) is 2. The summed E-state index contributed by atoms with van der Waals surface area (Å²) in [5, 5.41) is 12.5. The van der Waals surface area contributed by atoms with Crippen molar-refractivity contribution in [3.05, 3.63) is 466 Å². The van der Waals surface area contributed by atoms with Crippen LogP contribution >= 0.6 is 11.3 Å². The van der Waals surface area contributed by atoms with E-state index in [1.165, 1.54) is 182 Å². The van der Waals surface area contributed by atoms with Crippen LogP contribution in [0.1, 0.15) is 82.7 Å². The molecule has 5 aromatic heterocycles. The van der Waals surface area contributed by atoms with E-state index >= 15 is 0 Å². The average Bonchev–Trinajstić information content (AvgIpc) is 1.57. The van der Waals surface area contributed by atoms with Crippen LogP contribution in [0.25, 0.3) is 143 Å². The van der Waals surface area contributed by atoms with Crippen molar-refractivity contribution >= 4 is 82.4 Å². The molecule has 5 heterocycles. The fourth-order valence-corrected chi connectivity index (χ4v) is 19.5. The number of thiophene rings is 1. The lowest BCUT2D eigenvalue weighted by Crippen LogP contribution is -1.93. The number of benzene rings is 16. The molecule has 0 fully saturated rings. The number of carbonyl (C=O) groups is 1. The summed E-state index contributed by atoms with van der Waals surface area (Å²) in [6, 6.07) is 130. The minimum absolute atomic E-state index is 0.149. The highest BCUT2D eigenvalue weighted by molar-refractivity contribution is 7.13. The molecule has 0 radical (unpaired) electrons. The zero-order valence-electron chi connectivity index (χ0n) is 64.3. The molecule has 0 saturated carbocycles. The zero-order chi connectivity index (χ0) is 77.7. The maximum absolute atomic E-state index is 11.9. The molecule has 7 aliphatic rings. The van der Waals surface area contributed by atoms with Crippen LogP contribution in [0.2, 0.25) is 0 Å². The predicted octanol–water partition coefficient (Wildman–Crippen LogP) is 29.0. The lowest BCUT2D eigenvalue weighted by molar-refractivity contribution is 0.104. The molecule has 5 nitrogen and oxygen atoms in total. The molecule has 556 valence electrons. The van der Waals surface area contributed by atoms with Gasteiger partial charge in [-0.2, -0.15) is 0 Å². The lowest BCUT2D eigenvalue weighted by atomic mass is 9.98. The van der Waals surface area contributed by atoms with Crippen molar-refractivity contribution < 1.29 is 13.6 Å². The second kappa shape index (κ2) is 30.5. The normalized spacial score (nSPS) is 12.4. The number of carbonyl (C=O) groups excluding carboxylic acids is 1. The minimum atomic E-state index is 0.149. The monoisotopic (exact) mass is 1520 g/mol. The highest BCUT2D eigenvalue weighted by atomic mass is 32.1. The third-order valence-electron chi connectivity index (χ3n) is 24.0. The van der Waals surface area contributed by atoms with Crippen LogP contribution in [-0.4, -0.2) is 15.8 Å². The number of rotatable bonds is 0. The molecule has 6 heteroatoms. The highest BCUT2D eigenvalue weighted by Gasteiger charge is 2.28. The van der Waals surface area contributed by atoms with E-state index in [0.29, 0.717) is 0 Å². The van der Waals surface area contributed by atoms with Gasteiger partial charge in [0.05, 0.1) is 6.26 Å². The van der Waals surface area contributed by atoms with Gasteiger partial charge in [-0.25, -0.2) is 0 Å². The first-order chi connectivity index (χ1) is 57.9. The van der Waals surface area contributed by atoms with Gasteiger partial charge in [-0.1, -0.05) is 315 Å². The van der Waals surface area contributed by atoms with Gasteiger partial charge < -0.3 is 18.8 Å². The van der Waals surface area contributed by atoms with E-state index < -0.39 is 0 Å². The number of para-hydroxylation sites is 3. The molecule has 0 atom stereocenters. The number of H-pyrrole nitrogens is 2. The topological polar surface area (TPSA) is 74.9 Å². The van der Waals surface area contributed by atoms with Gasteiger partial charge in [-0.15, -0.1) is 11.3 Å².